The Kier molecular flexibility index (Phi) is 19.3. The second-order valence-electron chi connectivity index (χ2n) is 13.5. The molecular weight excluding hydrogens is 931 g/mol. The van der Waals surface area contributed by atoms with Crippen LogP contribution >= 0.6 is 60.6 Å². The zero-order valence-corrected chi connectivity index (χ0v) is 38.5. The van der Waals surface area contributed by atoms with E-state index in [4.69, 9.17) is 50.9 Å². The molecule has 0 fully saturated rings. The van der Waals surface area contributed by atoms with E-state index in [1.807, 2.05) is 6.07 Å². The van der Waals surface area contributed by atoms with Gasteiger partial charge in [-0.3, -0.25) is 18.7 Å². The lowest BCUT2D eigenvalue weighted by Gasteiger charge is -2.22. The van der Waals surface area contributed by atoms with Crippen LogP contribution in [0.5, 0.6) is 0 Å². The third-order valence-corrected chi connectivity index (χ3v) is 14.8. The van der Waals surface area contributed by atoms with Crippen LogP contribution in [0.4, 0.5) is 17.6 Å². The molecule has 0 aliphatic carbocycles. The van der Waals surface area contributed by atoms with Crippen LogP contribution in [0.25, 0.3) is 32.3 Å². The fourth-order valence-electron chi connectivity index (χ4n) is 5.85. The number of carbonyl (C=O) groups excluding carboxylic acids is 2. The van der Waals surface area contributed by atoms with Crippen LogP contribution in [0.15, 0.2) is 96.0 Å². The van der Waals surface area contributed by atoms with Crippen molar-refractivity contribution in [3.8, 4) is 0 Å². The predicted molar refractivity (Wildman–Crippen MR) is 256 cm³/mol. The first-order valence-corrected chi connectivity index (χ1v) is 25.2. The van der Waals surface area contributed by atoms with Crippen LogP contribution in [-0.2, 0) is 23.2 Å². The first-order chi connectivity index (χ1) is 29.7. The lowest BCUT2D eigenvalue weighted by molar-refractivity contribution is -0.120. The largest absolute Gasteiger partial charge is 0.344 e. The van der Waals surface area contributed by atoms with Crippen molar-refractivity contribution in [1.29, 1.82) is 0 Å². The Hall–Kier alpha value is -3.78. The summed E-state index contributed by atoms with van der Waals surface area (Å²) in [5.74, 6) is -5.15. The van der Waals surface area contributed by atoms with Gasteiger partial charge >= 0.3 is 0 Å². The fourth-order valence-corrected chi connectivity index (χ4v) is 11.5. The number of hydrogen-bond donors (Lipinski definition) is 3. The summed E-state index contributed by atoms with van der Waals surface area (Å²) in [5, 5.41) is 10.8. The first kappa shape index (κ1) is 51.9. The molecule has 63 heavy (non-hydrogen) atoms. The number of nitrogens with one attached hydrogen (secondary N) is 2. The van der Waals surface area contributed by atoms with Crippen molar-refractivity contribution in [3.63, 3.8) is 0 Å². The van der Waals surface area contributed by atoms with Crippen LogP contribution < -0.4 is 10.6 Å². The van der Waals surface area contributed by atoms with E-state index in [-0.39, 0.29) is 6.61 Å². The zero-order valence-electron chi connectivity index (χ0n) is 33.6. The molecule has 6 rings (SSSR count). The molecule has 8 nitrogen and oxygen atoms in total. The number of amides is 2. The topological polar surface area (TPSA) is 122 Å². The molecule has 4 aromatic carbocycles. The lowest BCUT2D eigenvalue weighted by Crippen LogP contribution is -2.25. The van der Waals surface area contributed by atoms with Gasteiger partial charge in [-0.1, -0.05) is 35.3 Å². The van der Waals surface area contributed by atoms with Gasteiger partial charge in [0.2, 0.25) is 26.6 Å². The molecule has 2 aromatic heterocycles. The first-order valence-electron chi connectivity index (χ1n) is 18.4. The van der Waals surface area contributed by atoms with Crippen molar-refractivity contribution in [2.75, 3.05) is 19.9 Å². The van der Waals surface area contributed by atoms with Crippen LogP contribution in [0.1, 0.15) is 40.5 Å². The van der Waals surface area contributed by atoms with Gasteiger partial charge in [0.25, 0.3) is 0 Å². The number of hydrogen-bond acceptors (Lipinski definition) is 7. The quantitative estimate of drug-likeness (QED) is 0.0602. The molecule has 7 radical (unpaired) electrons. The fraction of sp³-hybridized carbons (Fsp3) is 0.150. The van der Waals surface area contributed by atoms with E-state index in [9.17, 15) is 41.2 Å². The third-order valence-electron chi connectivity index (χ3n) is 8.66. The Morgan fingerprint density at radius 1 is 0.762 bits per heavy atom. The number of halogens is 6. The van der Waals surface area contributed by atoms with E-state index in [0.29, 0.717) is 37.7 Å². The molecule has 319 valence electrons. The average molecular weight is 966 g/mol. The van der Waals surface area contributed by atoms with Crippen LogP contribution in [-0.4, -0.2) is 73.3 Å². The number of fused-ring (bicyclic) bond motifs is 2. The molecule has 4 atom stereocenters. The lowest BCUT2D eigenvalue weighted by atomic mass is 8.97. The maximum Gasteiger partial charge on any atom is 0.241 e. The predicted octanol–water partition coefficient (Wildman–Crippen LogP) is 10.3. The minimum absolute atomic E-state index is 0.186. The van der Waals surface area contributed by atoms with Gasteiger partial charge in [-0.15, -0.1) is 22.7 Å². The normalized spacial score (nSPS) is 14.1. The van der Waals surface area contributed by atoms with E-state index in [1.54, 1.807) is 48.0 Å². The van der Waals surface area contributed by atoms with E-state index in [0.717, 1.165) is 45.7 Å². The molecular formula is C40H34B5Cl2F4N2O6P2S2. The van der Waals surface area contributed by atoms with E-state index >= 15 is 0 Å². The minimum Gasteiger partial charge on any atom is -0.344 e. The number of thiophene rings is 2. The van der Waals surface area contributed by atoms with E-state index < -0.39 is 67.5 Å². The van der Waals surface area contributed by atoms with Gasteiger partial charge in [-0.2, -0.15) is 0 Å². The van der Waals surface area contributed by atoms with Gasteiger partial charge < -0.3 is 20.1 Å². The van der Waals surface area contributed by atoms with Crippen molar-refractivity contribution < 1.29 is 45.7 Å². The number of benzene rings is 4. The summed E-state index contributed by atoms with van der Waals surface area (Å²) in [6, 6.07) is 17.1. The summed E-state index contributed by atoms with van der Waals surface area (Å²) in [6.07, 6.45) is 4.84. The van der Waals surface area contributed by atoms with Crippen LogP contribution in [0, 0.1) is 23.3 Å². The summed E-state index contributed by atoms with van der Waals surface area (Å²) >= 11 is 14.9. The van der Waals surface area contributed by atoms with Crippen molar-refractivity contribution >= 4 is 141 Å². The minimum atomic E-state index is -3.86. The number of carbonyl (C=O) groups is 2. The van der Waals surface area contributed by atoms with Crippen LogP contribution in [0.3, 0.4) is 0 Å². The van der Waals surface area contributed by atoms with Gasteiger partial charge in [0.15, 0.2) is 23.3 Å². The molecule has 0 saturated heterocycles. The molecule has 2 amide bonds. The van der Waals surface area contributed by atoms with Gasteiger partial charge in [0.05, 0.1) is 6.61 Å². The Bertz CT molecular complexity index is 2740. The van der Waals surface area contributed by atoms with E-state index in [2.05, 4.69) is 10.6 Å². The highest BCUT2D eigenvalue weighted by Crippen LogP contribution is 2.59. The summed E-state index contributed by atoms with van der Waals surface area (Å²) < 4.78 is 85.5. The molecule has 23 heteroatoms. The average Bonchev–Trinajstić information content (AvgIpc) is 3.80. The maximum atomic E-state index is 13.3. The molecule has 0 bridgehead atoms. The second-order valence-corrected chi connectivity index (χ2v) is 21.2. The van der Waals surface area contributed by atoms with E-state index in [1.165, 1.54) is 73.1 Å². The van der Waals surface area contributed by atoms with Gasteiger partial charge in [0.1, 0.15) is 11.3 Å². The molecule has 0 aliphatic heterocycles. The summed E-state index contributed by atoms with van der Waals surface area (Å²) in [5.41, 5.74) is -0.686. The smallest absolute Gasteiger partial charge is 0.241 e. The Balaban J connectivity index is 0.000000250. The highest BCUT2D eigenvalue weighted by atomic mass is 35.5. The zero-order chi connectivity index (χ0) is 46.6. The highest BCUT2D eigenvalue weighted by Gasteiger charge is 2.38. The summed E-state index contributed by atoms with van der Waals surface area (Å²) in [7, 11) is 8.55. The second kappa shape index (κ2) is 23.4. The van der Waals surface area contributed by atoms with Crippen molar-refractivity contribution in [2.24, 2.45) is 0 Å². The molecule has 0 aliphatic rings. The summed E-state index contributed by atoms with van der Waals surface area (Å²) in [6.45, 7) is 4.43. The molecule has 4 unspecified atom stereocenters. The Morgan fingerprint density at radius 2 is 1.17 bits per heavy atom. The van der Waals surface area contributed by atoms with Gasteiger partial charge in [0, 0.05) is 81.8 Å². The molecule has 6 aromatic rings. The standard InChI is InChI=1S/C21H19ClF2NO3PS.C19H15ClF2NO3PS.B5/c1-3-28-29(2,27)20(16-12-30-19-7-5-14(22)11-15(16)19)21(26)25-9-8-13-4-6-17(23)18(24)10-13;1-27(25,26)18(14-10-28-17-5-3-12(20)9-13(14)17)19(24)23-7-6-11-2-4-15(21)16(22)8-11;1-4-5(2)3/h4-12,20H,3H2,1-2H3,(H,25,26);2-10,18H,1H3,(H,23,24)(H,25,26);/b9-8+;7-6+;. The van der Waals surface area contributed by atoms with Crippen molar-refractivity contribution in [2.45, 2.75) is 18.2 Å². The molecule has 0 spiro atoms. The van der Waals surface area contributed by atoms with Gasteiger partial charge in [-0.25, -0.2) is 17.6 Å². The SMILES string of the molecule is CCOP(C)(=O)C(C(=O)N/C=C/c1ccc(F)c(F)c1)c1csc2ccc(Cl)cc12.CP(=O)(O)C(C(=O)N/C=C/c1ccc(F)c(F)c1)c1csc2ccc(Cl)cc12.[B][B]B([B])[B]. The third kappa shape index (κ3) is 14.6. The molecule has 0 saturated carbocycles. The van der Waals surface area contributed by atoms with Gasteiger partial charge in [-0.05, 0) is 124 Å². The Morgan fingerprint density at radius 3 is 1.56 bits per heavy atom. The summed E-state index contributed by atoms with van der Waals surface area (Å²) in [4.78, 5) is 35.9. The van der Waals surface area contributed by atoms with Crippen LogP contribution in [0.2, 0.25) is 10.0 Å². The Labute approximate surface area is 385 Å². The maximum absolute atomic E-state index is 13.3. The number of rotatable bonds is 13. The van der Waals surface area contributed by atoms with Crippen molar-refractivity contribution in [3.05, 3.63) is 152 Å². The molecule has 3 N–H and O–H groups in total. The highest BCUT2D eigenvalue weighted by molar-refractivity contribution is 7.61. The van der Waals surface area contributed by atoms with Crippen molar-refractivity contribution in [1.82, 2.24) is 10.6 Å². The monoisotopic (exact) mass is 965 g/mol. The molecule has 2 heterocycles.